The summed E-state index contributed by atoms with van der Waals surface area (Å²) in [5, 5.41) is 18.4. The van der Waals surface area contributed by atoms with Gasteiger partial charge < -0.3 is 10.0 Å². The van der Waals surface area contributed by atoms with Crippen LogP contribution in [0, 0.1) is 0 Å². The molecule has 17 heavy (non-hydrogen) atoms. The number of nitrogens with zero attached hydrogens (tertiary/aromatic N) is 2. The van der Waals surface area contributed by atoms with E-state index in [-0.39, 0.29) is 24.9 Å². The highest BCUT2D eigenvalue weighted by Crippen LogP contribution is 2.21. The average Bonchev–Trinajstić information content (AvgIpc) is 2.24. The lowest BCUT2D eigenvalue weighted by Crippen LogP contribution is -2.45. The molecule has 0 saturated carbocycles. The predicted octanol–water partition coefficient (Wildman–Crippen LogP) is 0.799. The highest BCUT2D eigenvalue weighted by Gasteiger charge is 2.29. The molecule has 0 rings (SSSR count). The van der Waals surface area contributed by atoms with Crippen molar-refractivity contribution in [1.29, 1.82) is 0 Å². The highest BCUT2D eigenvalue weighted by molar-refractivity contribution is 5.77. The van der Waals surface area contributed by atoms with Crippen LogP contribution in [0.15, 0.2) is 0 Å². The van der Waals surface area contributed by atoms with Crippen LogP contribution >= 0.6 is 0 Å². The fourth-order valence-electron chi connectivity index (χ4n) is 1.34. The maximum atomic E-state index is 11.7. The summed E-state index contributed by atoms with van der Waals surface area (Å²) in [6.45, 7) is 3.71. The lowest BCUT2D eigenvalue weighted by Gasteiger charge is -2.35. The van der Waals surface area contributed by atoms with Gasteiger partial charge in [0.05, 0.1) is 13.0 Å². The number of amides is 1. The summed E-state index contributed by atoms with van der Waals surface area (Å²) >= 11 is 0. The molecule has 0 bridgehead atoms. The second-order valence-electron chi connectivity index (χ2n) is 4.58. The number of hydrogen-bond acceptors (Lipinski definition) is 4. The van der Waals surface area contributed by atoms with E-state index in [0.717, 1.165) is 6.42 Å². The van der Waals surface area contributed by atoms with Gasteiger partial charge in [-0.3, -0.25) is 14.8 Å². The Balaban J connectivity index is 4.36. The molecule has 6 heteroatoms. The molecule has 2 N–H and O–H groups in total. The first-order valence-corrected chi connectivity index (χ1v) is 5.61. The van der Waals surface area contributed by atoms with E-state index in [1.165, 1.54) is 0 Å². The van der Waals surface area contributed by atoms with Crippen molar-refractivity contribution in [2.45, 2.75) is 38.6 Å². The zero-order valence-corrected chi connectivity index (χ0v) is 10.9. The number of carbonyl (C=O) groups is 2. The Labute approximate surface area is 102 Å². The molecule has 1 atom stereocenters. The largest absolute Gasteiger partial charge is 0.481 e. The monoisotopic (exact) mass is 246 g/mol. The molecule has 1 unspecified atom stereocenters. The van der Waals surface area contributed by atoms with Crippen molar-refractivity contribution in [2.75, 3.05) is 20.6 Å². The third-order valence-electron chi connectivity index (χ3n) is 3.20. The molecule has 100 valence electrons. The minimum Gasteiger partial charge on any atom is -0.481 e. The summed E-state index contributed by atoms with van der Waals surface area (Å²) in [4.78, 5) is 23.9. The summed E-state index contributed by atoms with van der Waals surface area (Å²) in [5.41, 5.74) is -0.332. The van der Waals surface area contributed by atoms with Crippen LogP contribution in [0.1, 0.15) is 33.1 Å². The summed E-state index contributed by atoms with van der Waals surface area (Å²) in [7, 11) is 3.74. The zero-order chi connectivity index (χ0) is 13.6. The number of carboxylic acid groups (broad SMARTS) is 1. The van der Waals surface area contributed by atoms with Crippen molar-refractivity contribution >= 4 is 11.9 Å². The van der Waals surface area contributed by atoms with E-state index in [4.69, 9.17) is 5.11 Å². The molecule has 0 aromatic rings. The molecule has 0 heterocycles. The summed E-state index contributed by atoms with van der Waals surface area (Å²) < 4.78 is 0. The maximum Gasteiger partial charge on any atom is 0.305 e. The van der Waals surface area contributed by atoms with E-state index in [9.17, 15) is 14.8 Å². The molecule has 0 fully saturated rings. The molecule has 0 spiro atoms. The molecular weight excluding hydrogens is 224 g/mol. The standard InChI is InChI=1S/C11H22N2O4/c1-5-11(2,12(3)4)8-9(14)13(17)7-6-10(15)16/h17H,5-8H2,1-4H3,(H,15,16). The fraction of sp³-hybridized carbons (Fsp3) is 0.818. The van der Waals surface area contributed by atoms with Crippen molar-refractivity contribution in [3.05, 3.63) is 0 Å². The Morgan fingerprint density at radius 1 is 1.29 bits per heavy atom. The first-order valence-electron chi connectivity index (χ1n) is 5.61. The quantitative estimate of drug-likeness (QED) is 0.513. The molecule has 0 aliphatic heterocycles. The zero-order valence-electron chi connectivity index (χ0n) is 10.9. The molecule has 6 nitrogen and oxygen atoms in total. The highest BCUT2D eigenvalue weighted by atomic mass is 16.5. The van der Waals surface area contributed by atoms with Crippen LogP contribution in [0.2, 0.25) is 0 Å². The van der Waals surface area contributed by atoms with Gasteiger partial charge in [-0.15, -0.1) is 0 Å². The molecule has 0 aromatic heterocycles. The Kier molecular flexibility index (Phi) is 6.12. The van der Waals surface area contributed by atoms with Crippen LogP contribution in [0.3, 0.4) is 0 Å². The number of rotatable bonds is 7. The van der Waals surface area contributed by atoms with Crippen LogP contribution in [0.5, 0.6) is 0 Å². The van der Waals surface area contributed by atoms with Crippen LogP contribution in [0.4, 0.5) is 0 Å². The van der Waals surface area contributed by atoms with E-state index in [1.54, 1.807) is 0 Å². The van der Waals surface area contributed by atoms with Gasteiger partial charge in [0.15, 0.2) is 0 Å². The van der Waals surface area contributed by atoms with E-state index < -0.39 is 11.9 Å². The van der Waals surface area contributed by atoms with Gasteiger partial charge in [0, 0.05) is 12.0 Å². The van der Waals surface area contributed by atoms with Crippen molar-refractivity contribution < 1.29 is 19.9 Å². The number of carboxylic acids is 1. The minimum atomic E-state index is -1.04. The van der Waals surface area contributed by atoms with E-state index in [2.05, 4.69) is 0 Å². The normalized spacial score (nSPS) is 14.5. The van der Waals surface area contributed by atoms with E-state index in [0.29, 0.717) is 5.06 Å². The maximum absolute atomic E-state index is 11.7. The lowest BCUT2D eigenvalue weighted by atomic mass is 9.92. The summed E-state index contributed by atoms with van der Waals surface area (Å²) in [5.74, 6) is -1.49. The van der Waals surface area contributed by atoms with Crippen LogP contribution in [-0.2, 0) is 9.59 Å². The van der Waals surface area contributed by atoms with E-state index >= 15 is 0 Å². The topological polar surface area (TPSA) is 81.1 Å². The smallest absolute Gasteiger partial charge is 0.305 e. The van der Waals surface area contributed by atoms with Gasteiger partial charge >= 0.3 is 5.97 Å². The SMILES string of the molecule is CCC(C)(CC(=O)N(O)CCC(=O)O)N(C)C. The molecule has 0 aliphatic carbocycles. The molecular formula is C11H22N2O4. The van der Waals surface area contributed by atoms with Crippen molar-refractivity contribution in [1.82, 2.24) is 9.96 Å². The van der Waals surface area contributed by atoms with Gasteiger partial charge in [0.25, 0.3) is 0 Å². The second-order valence-corrected chi connectivity index (χ2v) is 4.58. The van der Waals surface area contributed by atoms with Gasteiger partial charge in [0.2, 0.25) is 5.91 Å². The second kappa shape index (κ2) is 6.56. The van der Waals surface area contributed by atoms with Crippen LogP contribution in [0.25, 0.3) is 0 Å². The first kappa shape index (κ1) is 15.9. The van der Waals surface area contributed by atoms with Gasteiger partial charge in [0.1, 0.15) is 0 Å². The average molecular weight is 246 g/mol. The lowest BCUT2D eigenvalue weighted by molar-refractivity contribution is -0.169. The molecule has 0 aliphatic rings. The molecule has 1 amide bonds. The van der Waals surface area contributed by atoms with Crippen molar-refractivity contribution in [3.63, 3.8) is 0 Å². The fourth-order valence-corrected chi connectivity index (χ4v) is 1.34. The first-order chi connectivity index (χ1) is 7.73. The number of hydroxylamine groups is 2. The molecule has 0 saturated heterocycles. The van der Waals surface area contributed by atoms with Gasteiger partial charge in [-0.25, -0.2) is 5.06 Å². The number of hydrogen-bond donors (Lipinski definition) is 2. The van der Waals surface area contributed by atoms with Gasteiger partial charge in [-0.2, -0.15) is 0 Å². The molecule has 0 aromatic carbocycles. The van der Waals surface area contributed by atoms with Crippen molar-refractivity contribution in [2.24, 2.45) is 0 Å². The van der Waals surface area contributed by atoms with Crippen LogP contribution in [-0.4, -0.2) is 58.3 Å². The minimum absolute atomic E-state index is 0.159. The Morgan fingerprint density at radius 2 is 1.82 bits per heavy atom. The van der Waals surface area contributed by atoms with E-state index in [1.807, 2.05) is 32.8 Å². The summed E-state index contributed by atoms with van der Waals surface area (Å²) in [6.07, 6.45) is 0.665. The predicted molar refractivity (Wildman–Crippen MR) is 62.8 cm³/mol. The Bertz CT molecular complexity index is 281. The van der Waals surface area contributed by atoms with Gasteiger partial charge in [-0.05, 0) is 27.4 Å². The Hall–Kier alpha value is -1.14. The van der Waals surface area contributed by atoms with Crippen molar-refractivity contribution in [3.8, 4) is 0 Å². The number of carbonyl (C=O) groups excluding carboxylic acids is 1. The number of aliphatic carboxylic acids is 1. The van der Waals surface area contributed by atoms with Crippen LogP contribution < -0.4 is 0 Å². The third-order valence-corrected chi connectivity index (χ3v) is 3.20. The third kappa shape index (κ3) is 5.14. The Morgan fingerprint density at radius 3 is 2.18 bits per heavy atom. The molecule has 0 radical (unpaired) electrons. The van der Waals surface area contributed by atoms with Gasteiger partial charge in [-0.1, -0.05) is 6.92 Å². The summed E-state index contributed by atoms with van der Waals surface area (Å²) in [6, 6.07) is 0.